The number of fused-ring (bicyclic) bond motifs is 21. The highest BCUT2D eigenvalue weighted by atomic mass is 32.1. The van der Waals surface area contributed by atoms with E-state index in [0.29, 0.717) is 0 Å². The number of rotatable bonds is 7. The van der Waals surface area contributed by atoms with Gasteiger partial charge in [0, 0.05) is 112 Å². The van der Waals surface area contributed by atoms with Crippen LogP contribution < -0.4 is 0 Å². The minimum absolute atomic E-state index is 0.773. The molecule has 0 aliphatic carbocycles. The van der Waals surface area contributed by atoms with Crippen molar-refractivity contribution in [1.29, 1.82) is 0 Å². The predicted octanol–water partition coefficient (Wildman–Crippen LogP) is 31.8. The minimum Gasteiger partial charge on any atom is -0.309 e. The number of aryl methyl sites for hydroxylation is 6. The summed E-state index contributed by atoms with van der Waals surface area (Å²) < 4.78 is 17.2. The van der Waals surface area contributed by atoms with Gasteiger partial charge in [0.1, 0.15) is 0 Å². The Morgan fingerprint density at radius 1 is 0.220 bits per heavy atom. The van der Waals surface area contributed by atoms with E-state index in [2.05, 4.69) is 406 Å². The molecule has 127 heavy (non-hydrogen) atoms. The van der Waals surface area contributed by atoms with Crippen LogP contribution in [0.3, 0.4) is 0 Å². The second-order valence-electron chi connectivity index (χ2n) is 31.9. The summed E-state index contributed by atoms with van der Waals surface area (Å²) in [6.07, 6.45) is 3.80. The van der Waals surface area contributed by atoms with Crippen LogP contribution in [-0.2, 0) is 0 Å². The molecule has 0 aliphatic heterocycles. The first-order chi connectivity index (χ1) is 62.4. The molecule has 0 atom stereocenters. The van der Waals surface area contributed by atoms with Gasteiger partial charge in [-0.05, 0) is 172 Å². The van der Waals surface area contributed by atoms with Gasteiger partial charge in [-0.1, -0.05) is 260 Å². The highest BCUT2D eigenvalue weighted by Gasteiger charge is 2.23. The van der Waals surface area contributed by atoms with E-state index in [0.717, 1.165) is 101 Å². The van der Waals surface area contributed by atoms with Crippen LogP contribution in [0.1, 0.15) is 33.8 Å². The Balaban J connectivity index is 0.0000000956. The lowest BCUT2D eigenvalue weighted by molar-refractivity contribution is 1.16. The van der Waals surface area contributed by atoms with E-state index in [1.54, 1.807) is 34.0 Å². The fourth-order valence-corrected chi connectivity index (χ4v) is 23.0. The van der Waals surface area contributed by atoms with Gasteiger partial charge in [0.2, 0.25) is 0 Å². The molecule has 14 aromatic carbocycles. The molecule has 606 valence electrons. The molecule has 15 heteroatoms. The van der Waals surface area contributed by atoms with Crippen LogP contribution >= 0.6 is 56.7 Å². The number of pyridine rings is 2. The molecule has 10 nitrogen and oxygen atoms in total. The highest BCUT2D eigenvalue weighted by Crippen LogP contribution is 2.45. The van der Waals surface area contributed by atoms with E-state index < -0.39 is 0 Å². The lowest BCUT2D eigenvalue weighted by Crippen LogP contribution is -1.95. The van der Waals surface area contributed by atoms with E-state index in [4.69, 9.17) is 29.9 Å². The second kappa shape index (κ2) is 33.1. The Labute approximate surface area is 752 Å². The summed E-state index contributed by atoms with van der Waals surface area (Å²) in [7, 11) is 0. The van der Waals surface area contributed by atoms with Crippen LogP contribution in [0.15, 0.2) is 364 Å². The fourth-order valence-electron chi connectivity index (χ4n) is 17.5. The quantitative estimate of drug-likeness (QED) is 0.155. The Morgan fingerprint density at radius 3 is 1.16 bits per heavy atom. The maximum absolute atomic E-state index is 5.12. The molecule has 12 aromatic heterocycles. The topological polar surface area (TPSA) is 113 Å². The zero-order chi connectivity index (χ0) is 85.3. The van der Waals surface area contributed by atoms with Crippen LogP contribution in [0.5, 0.6) is 0 Å². The Morgan fingerprint density at radius 2 is 0.598 bits per heavy atom. The molecule has 0 amide bonds. The first-order valence-corrected chi connectivity index (χ1v) is 46.4. The van der Waals surface area contributed by atoms with Gasteiger partial charge < -0.3 is 9.13 Å². The maximum atomic E-state index is 5.12. The molecule has 26 aromatic rings. The van der Waals surface area contributed by atoms with Crippen LogP contribution in [0.2, 0.25) is 0 Å². The standard InChI is InChI=1S/2C29H19N3S.C18H14N2S.2C18H13NS/c1-18-28-27(21-13-6-8-17-25(21)33-28)31-29(30-18)22-14-9-16-24-26(22)20-12-5-7-15-23(20)32(24)19-10-3-2-4-11-19;1-18-28-27(23-12-6-8-14-26(23)33-28)31-29(30-18)19-15-16-22-21-11-5-7-13-24(21)32(25(22)17-19)20-9-3-2-4-10-20;1-11-7-9-13(10-8-11)18-19-12(2)17-16(20-18)14-5-3-4-6-15(14)21-17;1-12-9-10-19-17-15-11-14(13-5-3-2-4-6-13)7-8-16(15)20-18(12)17;1-12-9-10-19-17-15-8-7-14(11-16(15)20-18(12)17)13-5-3-2-4-6-13/h2*2-17H,1H3;3-10H,1-2H3;2*2-11H,1H3. The number of para-hydroxylation sites is 4. The van der Waals surface area contributed by atoms with Crippen LogP contribution in [-0.4, -0.2) is 49.0 Å². The van der Waals surface area contributed by atoms with Crippen LogP contribution in [0, 0.1) is 41.5 Å². The summed E-state index contributed by atoms with van der Waals surface area (Å²) in [5.41, 5.74) is 27.6. The van der Waals surface area contributed by atoms with Gasteiger partial charge in [0.25, 0.3) is 0 Å². The van der Waals surface area contributed by atoms with Gasteiger partial charge >= 0.3 is 0 Å². The zero-order valence-electron chi connectivity index (χ0n) is 70.2. The number of hydrogen-bond acceptors (Lipinski definition) is 13. The third-order valence-corrected chi connectivity index (χ3v) is 30.1. The molecule has 0 aliphatic rings. The van der Waals surface area contributed by atoms with Gasteiger partial charge in [-0.15, -0.1) is 56.7 Å². The Kier molecular flexibility index (Phi) is 20.4. The molecule has 0 radical (unpaired) electrons. The van der Waals surface area contributed by atoms with Gasteiger partial charge in [0.15, 0.2) is 17.5 Å². The van der Waals surface area contributed by atoms with Crippen LogP contribution in [0.25, 0.3) is 213 Å². The predicted molar refractivity (Wildman–Crippen MR) is 543 cm³/mol. The fraction of sp³-hybridized carbons (Fsp3) is 0.0536. The van der Waals surface area contributed by atoms with Gasteiger partial charge in [-0.25, -0.2) is 29.9 Å². The average molecular weight is 1720 g/mol. The highest BCUT2D eigenvalue weighted by molar-refractivity contribution is 7.27. The van der Waals surface area contributed by atoms with Gasteiger partial charge in [0.05, 0.1) is 90.2 Å². The normalized spacial score (nSPS) is 11.5. The number of hydrogen-bond donors (Lipinski definition) is 0. The zero-order valence-corrected chi connectivity index (χ0v) is 74.2. The number of benzene rings is 14. The Bertz CT molecular complexity index is 8670. The molecule has 0 spiro atoms. The third kappa shape index (κ3) is 14.5. The van der Waals surface area contributed by atoms with Crippen molar-refractivity contribution in [3.8, 4) is 67.8 Å². The van der Waals surface area contributed by atoms with Crippen molar-refractivity contribution in [3.63, 3.8) is 0 Å². The van der Waals surface area contributed by atoms with Crippen molar-refractivity contribution in [3.05, 3.63) is 398 Å². The number of thiophene rings is 5. The summed E-state index contributed by atoms with van der Waals surface area (Å²) in [6, 6.07) is 124. The number of aromatic nitrogens is 10. The third-order valence-electron chi connectivity index (χ3n) is 23.7. The molecule has 0 unspecified atom stereocenters. The van der Waals surface area contributed by atoms with E-state index in [-0.39, 0.29) is 0 Å². The monoisotopic (exact) mass is 1720 g/mol. The molecule has 0 saturated carbocycles. The first-order valence-electron chi connectivity index (χ1n) is 42.3. The molecule has 0 N–H and O–H groups in total. The lowest BCUT2D eigenvalue weighted by Gasteiger charge is -2.09. The smallest absolute Gasteiger partial charge is 0.160 e. The molecule has 12 heterocycles. The molecular formula is C112H78N10S5. The Hall–Kier alpha value is -14.7. The summed E-state index contributed by atoms with van der Waals surface area (Å²) in [5.74, 6) is 2.36. The first kappa shape index (κ1) is 78.3. The van der Waals surface area contributed by atoms with E-state index in [9.17, 15) is 0 Å². The molecule has 0 fully saturated rings. The largest absolute Gasteiger partial charge is 0.309 e. The van der Waals surface area contributed by atoms with Gasteiger partial charge in [-0.2, -0.15) is 0 Å². The lowest BCUT2D eigenvalue weighted by atomic mass is 10.0. The van der Waals surface area contributed by atoms with Crippen molar-refractivity contribution in [2.45, 2.75) is 41.5 Å². The van der Waals surface area contributed by atoms with Crippen LogP contribution in [0.4, 0.5) is 0 Å². The van der Waals surface area contributed by atoms with Crippen molar-refractivity contribution in [1.82, 2.24) is 49.0 Å². The summed E-state index contributed by atoms with van der Waals surface area (Å²) in [6.45, 7) is 12.6. The van der Waals surface area contributed by atoms with E-state index >= 15 is 0 Å². The number of nitrogens with zero attached hydrogens (tertiary/aromatic N) is 10. The SMILES string of the molecule is Cc1ccc(-c2nc(C)c3sc4ccccc4c3n2)cc1.Cc1ccnc2c1sc1cc(-c3ccccc3)ccc12.Cc1ccnc2c1sc1ccc(-c3ccccc3)cc12.Cc1nc(-c2ccc3c4ccccc4n(-c4ccccc4)c3c2)nc2c1sc1ccccc12.Cc1nc(-c2cccc3c2c2ccccc2n3-c2ccccc2)nc2c1sc1ccccc12. The molecule has 26 rings (SSSR count). The summed E-state index contributed by atoms with van der Waals surface area (Å²) in [4.78, 5) is 38.7. The van der Waals surface area contributed by atoms with Gasteiger partial charge in [-0.3, -0.25) is 9.97 Å². The van der Waals surface area contributed by atoms with Crippen molar-refractivity contribution < 1.29 is 0 Å². The average Bonchev–Trinajstić information content (AvgIpc) is 1.58. The van der Waals surface area contributed by atoms with Crippen molar-refractivity contribution in [2.75, 3.05) is 0 Å². The van der Waals surface area contributed by atoms with E-state index in [1.165, 1.54) is 145 Å². The van der Waals surface area contributed by atoms with Crippen molar-refractivity contribution in [2.24, 2.45) is 0 Å². The van der Waals surface area contributed by atoms with E-state index in [1.807, 2.05) is 41.1 Å². The minimum atomic E-state index is 0.773. The maximum Gasteiger partial charge on any atom is 0.160 e. The molecular weight excluding hydrogens is 1650 g/mol. The second-order valence-corrected chi connectivity index (χ2v) is 37.1. The molecule has 0 bridgehead atoms. The van der Waals surface area contributed by atoms with Crippen molar-refractivity contribution >= 4 is 202 Å². The summed E-state index contributed by atoms with van der Waals surface area (Å²) >= 11 is 8.97. The molecule has 0 saturated heterocycles. The summed E-state index contributed by atoms with van der Waals surface area (Å²) in [5, 5.41) is 11.0.